The summed E-state index contributed by atoms with van der Waals surface area (Å²) < 4.78 is 7.55. The maximum Gasteiger partial charge on any atom is 0.315 e. The van der Waals surface area contributed by atoms with Gasteiger partial charge in [-0.15, -0.1) is 0 Å². The van der Waals surface area contributed by atoms with E-state index < -0.39 is 11.5 Å². The van der Waals surface area contributed by atoms with Crippen LogP contribution in [0.4, 0.5) is 0 Å². The second kappa shape index (κ2) is 9.22. The lowest BCUT2D eigenvalue weighted by molar-refractivity contribution is -0.157. The van der Waals surface area contributed by atoms with E-state index in [2.05, 4.69) is 12.0 Å². The molecular formula is C27H31N3O3. The van der Waals surface area contributed by atoms with Gasteiger partial charge in [-0.05, 0) is 50.5 Å². The Labute approximate surface area is 195 Å². The van der Waals surface area contributed by atoms with Gasteiger partial charge in [-0.3, -0.25) is 9.59 Å². The SMILES string of the molecule is CCCc1c(C(=O)N2Cc3ccccc3C(C(=O)OC(C)(C)C)C2)cnn1-c1ccccc1. The van der Waals surface area contributed by atoms with Gasteiger partial charge in [0.15, 0.2) is 0 Å². The van der Waals surface area contributed by atoms with E-state index in [4.69, 9.17) is 4.74 Å². The van der Waals surface area contributed by atoms with Crippen LogP contribution in [0.1, 0.15) is 67.2 Å². The molecule has 0 spiro atoms. The van der Waals surface area contributed by atoms with Gasteiger partial charge < -0.3 is 9.64 Å². The van der Waals surface area contributed by atoms with Crippen molar-refractivity contribution in [1.29, 1.82) is 0 Å². The number of para-hydroxylation sites is 1. The van der Waals surface area contributed by atoms with Crippen LogP contribution in [-0.4, -0.2) is 38.7 Å². The monoisotopic (exact) mass is 445 g/mol. The molecule has 1 amide bonds. The Morgan fingerprint density at radius 2 is 1.76 bits per heavy atom. The zero-order valence-corrected chi connectivity index (χ0v) is 19.7. The quantitative estimate of drug-likeness (QED) is 0.524. The molecule has 1 aromatic heterocycles. The fourth-order valence-electron chi connectivity index (χ4n) is 4.33. The number of amides is 1. The Kier molecular flexibility index (Phi) is 6.36. The van der Waals surface area contributed by atoms with E-state index in [0.717, 1.165) is 35.3 Å². The van der Waals surface area contributed by atoms with Gasteiger partial charge in [-0.2, -0.15) is 5.10 Å². The molecule has 0 saturated heterocycles. The lowest BCUT2D eigenvalue weighted by Gasteiger charge is -2.35. The molecular weight excluding hydrogens is 414 g/mol. The number of benzene rings is 2. The minimum absolute atomic E-state index is 0.108. The Bertz CT molecular complexity index is 1140. The lowest BCUT2D eigenvalue weighted by atomic mass is 9.89. The van der Waals surface area contributed by atoms with Gasteiger partial charge in [0.05, 0.1) is 29.1 Å². The summed E-state index contributed by atoms with van der Waals surface area (Å²) in [5.41, 5.74) is 3.72. The third-order valence-electron chi connectivity index (χ3n) is 5.76. The van der Waals surface area contributed by atoms with Crippen LogP contribution in [-0.2, 0) is 22.5 Å². The van der Waals surface area contributed by atoms with Gasteiger partial charge in [-0.25, -0.2) is 4.68 Å². The fourth-order valence-corrected chi connectivity index (χ4v) is 4.33. The lowest BCUT2D eigenvalue weighted by Crippen LogP contribution is -2.42. The molecule has 2 heterocycles. The highest BCUT2D eigenvalue weighted by Gasteiger charge is 2.36. The maximum atomic E-state index is 13.7. The van der Waals surface area contributed by atoms with E-state index in [-0.39, 0.29) is 18.4 Å². The maximum absolute atomic E-state index is 13.7. The minimum Gasteiger partial charge on any atom is -0.459 e. The van der Waals surface area contributed by atoms with E-state index in [9.17, 15) is 9.59 Å². The zero-order chi connectivity index (χ0) is 23.6. The molecule has 0 fully saturated rings. The smallest absolute Gasteiger partial charge is 0.315 e. The Balaban J connectivity index is 1.68. The van der Waals surface area contributed by atoms with Crippen LogP contribution in [0.25, 0.3) is 5.69 Å². The topological polar surface area (TPSA) is 64.4 Å². The van der Waals surface area contributed by atoms with Gasteiger partial charge >= 0.3 is 5.97 Å². The number of hydrogen-bond acceptors (Lipinski definition) is 4. The van der Waals surface area contributed by atoms with E-state index in [0.29, 0.717) is 12.1 Å². The van der Waals surface area contributed by atoms with Crippen molar-refractivity contribution >= 4 is 11.9 Å². The normalized spacial score (nSPS) is 15.8. The number of fused-ring (bicyclic) bond motifs is 1. The molecule has 6 nitrogen and oxygen atoms in total. The summed E-state index contributed by atoms with van der Waals surface area (Å²) in [4.78, 5) is 28.5. The van der Waals surface area contributed by atoms with E-state index in [1.807, 2.05) is 80.1 Å². The number of carbonyl (C=O) groups is 2. The van der Waals surface area contributed by atoms with Crippen LogP contribution in [0.5, 0.6) is 0 Å². The molecule has 1 unspecified atom stereocenters. The minimum atomic E-state index is -0.594. The summed E-state index contributed by atoms with van der Waals surface area (Å²) in [6, 6.07) is 17.6. The number of aromatic nitrogens is 2. The van der Waals surface area contributed by atoms with Gasteiger partial charge in [0.1, 0.15) is 5.60 Å². The van der Waals surface area contributed by atoms with Crippen LogP contribution in [0.15, 0.2) is 60.8 Å². The van der Waals surface area contributed by atoms with Crippen LogP contribution >= 0.6 is 0 Å². The van der Waals surface area contributed by atoms with E-state index >= 15 is 0 Å². The second-order valence-corrected chi connectivity index (χ2v) is 9.47. The number of rotatable bonds is 5. The number of hydrogen-bond donors (Lipinski definition) is 0. The zero-order valence-electron chi connectivity index (χ0n) is 19.7. The molecule has 33 heavy (non-hydrogen) atoms. The van der Waals surface area contributed by atoms with Gasteiger partial charge in [0.25, 0.3) is 5.91 Å². The first-order chi connectivity index (χ1) is 15.8. The van der Waals surface area contributed by atoms with Crippen LogP contribution in [0.3, 0.4) is 0 Å². The predicted octanol–water partition coefficient (Wildman–Crippen LogP) is 4.91. The van der Waals surface area contributed by atoms with Crippen molar-refractivity contribution in [3.63, 3.8) is 0 Å². The number of ether oxygens (including phenoxy) is 1. The summed E-state index contributed by atoms with van der Waals surface area (Å²) in [6.45, 7) is 8.40. The summed E-state index contributed by atoms with van der Waals surface area (Å²) >= 11 is 0. The summed E-state index contributed by atoms with van der Waals surface area (Å²) in [7, 11) is 0. The molecule has 0 N–H and O–H groups in total. The highest BCUT2D eigenvalue weighted by molar-refractivity contribution is 5.96. The first kappa shape index (κ1) is 22.8. The standard InChI is InChI=1S/C27H31N3O3/c1-5-11-24-22(16-28-30(24)20-13-7-6-8-14-20)25(31)29-17-19-12-9-10-15-21(19)23(18-29)26(32)33-27(2,3)4/h6-10,12-16,23H,5,11,17-18H2,1-4H3. The molecule has 3 aromatic rings. The third-order valence-corrected chi connectivity index (χ3v) is 5.76. The molecule has 172 valence electrons. The molecule has 0 saturated carbocycles. The van der Waals surface area contributed by atoms with E-state index in [1.165, 1.54) is 0 Å². The number of nitrogens with zero attached hydrogens (tertiary/aromatic N) is 3. The number of esters is 1. The first-order valence-electron chi connectivity index (χ1n) is 11.5. The third kappa shape index (κ3) is 4.85. The molecule has 0 aliphatic carbocycles. The highest BCUT2D eigenvalue weighted by atomic mass is 16.6. The van der Waals surface area contributed by atoms with Crippen LogP contribution in [0, 0.1) is 0 Å². The molecule has 1 aliphatic rings. The summed E-state index contributed by atoms with van der Waals surface area (Å²) in [6.07, 6.45) is 3.28. The average molecular weight is 446 g/mol. The van der Waals surface area contributed by atoms with Gasteiger partial charge in [0, 0.05) is 13.1 Å². The highest BCUT2D eigenvalue weighted by Crippen LogP contribution is 2.32. The molecule has 2 aromatic carbocycles. The van der Waals surface area contributed by atoms with Crippen molar-refractivity contribution < 1.29 is 14.3 Å². The van der Waals surface area contributed by atoms with Crippen molar-refractivity contribution in [1.82, 2.24) is 14.7 Å². The molecule has 0 bridgehead atoms. The molecule has 4 rings (SSSR count). The fraction of sp³-hybridized carbons (Fsp3) is 0.370. The Morgan fingerprint density at radius 3 is 2.45 bits per heavy atom. The molecule has 1 aliphatic heterocycles. The second-order valence-electron chi connectivity index (χ2n) is 9.47. The summed E-state index contributed by atoms with van der Waals surface area (Å²) in [5.74, 6) is -0.929. The molecule has 1 atom stereocenters. The molecule has 0 radical (unpaired) electrons. The van der Waals surface area contributed by atoms with Gasteiger partial charge in [-0.1, -0.05) is 55.8 Å². The molecule has 6 heteroatoms. The van der Waals surface area contributed by atoms with E-state index in [1.54, 1.807) is 11.1 Å². The van der Waals surface area contributed by atoms with Crippen LogP contribution in [0.2, 0.25) is 0 Å². The van der Waals surface area contributed by atoms with Crippen molar-refractivity contribution in [3.8, 4) is 5.69 Å². The summed E-state index contributed by atoms with van der Waals surface area (Å²) in [5, 5.41) is 4.55. The predicted molar refractivity (Wildman–Crippen MR) is 127 cm³/mol. The van der Waals surface area contributed by atoms with Crippen molar-refractivity contribution in [3.05, 3.63) is 83.2 Å². The largest absolute Gasteiger partial charge is 0.459 e. The van der Waals surface area contributed by atoms with Gasteiger partial charge in [0.2, 0.25) is 0 Å². The van der Waals surface area contributed by atoms with Crippen molar-refractivity contribution in [2.24, 2.45) is 0 Å². The van der Waals surface area contributed by atoms with Crippen molar-refractivity contribution in [2.45, 2.75) is 58.6 Å². The van der Waals surface area contributed by atoms with Crippen molar-refractivity contribution in [2.75, 3.05) is 6.54 Å². The Morgan fingerprint density at radius 1 is 1.06 bits per heavy atom. The average Bonchev–Trinajstić information content (AvgIpc) is 3.21. The first-order valence-corrected chi connectivity index (χ1v) is 11.5. The number of carbonyl (C=O) groups excluding carboxylic acids is 2. The Hall–Kier alpha value is -3.41. The van der Waals surface area contributed by atoms with Crippen LogP contribution < -0.4 is 0 Å².